The second-order valence-electron chi connectivity index (χ2n) is 6.41. The summed E-state index contributed by atoms with van der Waals surface area (Å²) >= 11 is 0. The van der Waals surface area contributed by atoms with Crippen molar-refractivity contribution >= 4 is 28.3 Å². The molecule has 26 heavy (non-hydrogen) atoms. The van der Waals surface area contributed by atoms with E-state index in [2.05, 4.69) is 20.5 Å². The van der Waals surface area contributed by atoms with E-state index in [0.717, 1.165) is 34.9 Å². The molecule has 1 aliphatic rings. The molecule has 1 unspecified atom stereocenters. The van der Waals surface area contributed by atoms with E-state index in [-0.39, 0.29) is 5.91 Å². The smallest absolute Gasteiger partial charge is 0.254 e. The van der Waals surface area contributed by atoms with Gasteiger partial charge < -0.3 is 15.8 Å². The third kappa shape index (κ3) is 3.09. The van der Waals surface area contributed by atoms with Crippen molar-refractivity contribution in [3.8, 4) is 11.1 Å². The summed E-state index contributed by atoms with van der Waals surface area (Å²) in [6, 6.07) is 7.58. The quantitative estimate of drug-likeness (QED) is 0.705. The number of nitrogens with zero attached hydrogens (tertiary/aromatic N) is 3. The topological polar surface area (TPSA) is 103 Å². The van der Waals surface area contributed by atoms with Crippen molar-refractivity contribution < 1.29 is 9.53 Å². The van der Waals surface area contributed by atoms with Crippen LogP contribution in [0.4, 0.5) is 11.5 Å². The minimum absolute atomic E-state index is 0.191. The Kier molecular flexibility index (Phi) is 4.22. The van der Waals surface area contributed by atoms with Gasteiger partial charge in [0.05, 0.1) is 5.69 Å². The number of aromatic nitrogens is 3. The number of hydrogen-bond acceptors (Lipinski definition) is 6. The SMILES string of the molecule is Cc1ccncc1-c1cc(N)c2nnc(NC(=O)C3CCCO3)cc2c1. The maximum atomic E-state index is 12.2. The standard InChI is InChI=1S/C19H19N5O2/c1-11-4-5-21-10-14(11)12-7-13-9-17(23-24-18(13)15(20)8-12)22-19(25)16-3-2-6-26-16/h4-5,7-10,16H,2-3,6,20H2,1H3,(H,22,23,25). The number of rotatable bonds is 3. The molecule has 3 heterocycles. The fourth-order valence-electron chi connectivity index (χ4n) is 3.16. The minimum atomic E-state index is -0.415. The van der Waals surface area contributed by atoms with Crippen molar-refractivity contribution in [3.63, 3.8) is 0 Å². The van der Waals surface area contributed by atoms with E-state index in [1.54, 1.807) is 12.3 Å². The summed E-state index contributed by atoms with van der Waals surface area (Å²) in [5, 5.41) is 11.8. The Morgan fingerprint density at radius 3 is 2.96 bits per heavy atom. The fourth-order valence-corrected chi connectivity index (χ4v) is 3.16. The van der Waals surface area contributed by atoms with Gasteiger partial charge in [0.1, 0.15) is 11.6 Å². The number of nitrogens with two attached hydrogens (primary N) is 1. The summed E-state index contributed by atoms with van der Waals surface area (Å²) in [6.07, 6.45) is 4.77. The molecule has 0 aliphatic carbocycles. The van der Waals surface area contributed by atoms with Gasteiger partial charge in [-0.05, 0) is 55.2 Å². The lowest BCUT2D eigenvalue weighted by Gasteiger charge is -2.11. The molecule has 0 bridgehead atoms. The number of nitrogen functional groups attached to an aromatic ring is 1. The Morgan fingerprint density at radius 1 is 1.31 bits per heavy atom. The number of hydrogen-bond donors (Lipinski definition) is 2. The van der Waals surface area contributed by atoms with Crippen LogP contribution in [0, 0.1) is 6.92 Å². The van der Waals surface area contributed by atoms with Gasteiger partial charge in [0.15, 0.2) is 5.82 Å². The number of carbonyl (C=O) groups is 1. The number of anilines is 2. The monoisotopic (exact) mass is 349 g/mol. The molecule has 0 radical (unpaired) electrons. The number of carbonyl (C=O) groups excluding carboxylic acids is 1. The minimum Gasteiger partial charge on any atom is -0.397 e. The molecule has 3 aromatic rings. The molecule has 1 aromatic carbocycles. The number of fused-ring (bicyclic) bond motifs is 1. The summed E-state index contributed by atoms with van der Waals surface area (Å²) in [5.41, 5.74) is 10.4. The number of nitrogens with one attached hydrogen (secondary N) is 1. The summed E-state index contributed by atoms with van der Waals surface area (Å²) in [6.45, 7) is 2.64. The van der Waals surface area contributed by atoms with Crippen molar-refractivity contribution in [2.45, 2.75) is 25.9 Å². The Balaban J connectivity index is 1.70. The number of ether oxygens (including phenoxy) is 1. The van der Waals surface area contributed by atoms with E-state index >= 15 is 0 Å². The predicted octanol–water partition coefficient (Wildman–Crippen LogP) is 2.70. The van der Waals surface area contributed by atoms with E-state index in [1.165, 1.54) is 0 Å². The van der Waals surface area contributed by atoms with E-state index < -0.39 is 6.10 Å². The normalized spacial score (nSPS) is 16.7. The summed E-state index contributed by atoms with van der Waals surface area (Å²) < 4.78 is 5.40. The van der Waals surface area contributed by atoms with Crippen LogP contribution in [-0.4, -0.2) is 33.8 Å². The van der Waals surface area contributed by atoms with Gasteiger partial charge in [-0.3, -0.25) is 9.78 Å². The average molecular weight is 349 g/mol. The highest BCUT2D eigenvalue weighted by molar-refractivity contribution is 5.98. The second-order valence-corrected chi connectivity index (χ2v) is 6.41. The first-order valence-electron chi connectivity index (χ1n) is 8.52. The molecule has 7 heteroatoms. The van der Waals surface area contributed by atoms with E-state index in [1.807, 2.05) is 31.3 Å². The van der Waals surface area contributed by atoms with Crippen molar-refractivity contribution in [3.05, 3.63) is 42.2 Å². The van der Waals surface area contributed by atoms with Gasteiger partial charge >= 0.3 is 0 Å². The van der Waals surface area contributed by atoms with Crippen molar-refractivity contribution in [2.75, 3.05) is 17.7 Å². The molecule has 4 rings (SSSR count). The van der Waals surface area contributed by atoms with Crippen molar-refractivity contribution in [1.29, 1.82) is 0 Å². The van der Waals surface area contributed by atoms with E-state index in [4.69, 9.17) is 10.5 Å². The number of aryl methyl sites for hydroxylation is 1. The Morgan fingerprint density at radius 2 is 2.19 bits per heavy atom. The average Bonchev–Trinajstić information content (AvgIpc) is 3.16. The van der Waals surface area contributed by atoms with Gasteiger partial charge in [0.25, 0.3) is 5.91 Å². The van der Waals surface area contributed by atoms with Crippen LogP contribution in [-0.2, 0) is 9.53 Å². The molecule has 0 saturated carbocycles. The highest BCUT2D eigenvalue weighted by Gasteiger charge is 2.24. The van der Waals surface area contributed by atoms with Crippen LogP contribution in [0.15, 0.2) is 36.7 Å². The van der Waals surface area contributed by atoms with Crippen molar-refractivity contribution in [1.82, 2.24) is 15.2 Å². The molecule has 7 nitrogen and oxygen atoms in total. The molecule has 1 aliphatic heterocycles. The largest absolute Gasteiger partial charge is 0.397 e. The molecular weight excluding hydrogens is 330 g/mol. The molecule has 1 atom stereocenters. The lowest BCUT2D eigenvalue weighted by atomic mass is 10.0. The molecule has 1 amide bonds. The zero-order chi connectivity index (χ0) is 18.1. The van der Waals surface area contributed by atoms with Crippen LogP contribution in [0.5, 0.6) is 0 Å². The van der Waals surface area contributed by atoms with E-state index in [0.29, 0.717) is 23.6 Å². The third-order valence-electron chi connectivity index (χ3n) is 4.54. The van der Waals surface area contributed by atoms with Crippen LogP contribution >= 0.6 is 0 Å². The second kappa shape index (κ2) is 6.68. The van der Waals surface area contributed by atoms with Gasteiger partial charge in [-0.25, -0.2) is 0 Å². The lowest BCUT2D eigenvalue weighted by Crippen LogP contribution is -2.27. The molecular formula is C19H19N5O2. The summed E-state index contributed by atoms with van der Waals surface area (Å²) in [7, 11) is 0. The number of pyridine rings is 1. The highest BCUT2D eigenvalue weighted by atomic mass is 16.5. The summed E-state index contributed by atoms with van der Waals surface area (Å²) in [4.78, 5) is 16.4. The van der Waals surface area contributed by atoms with Gasteiger partial charge in [0.2, 0.25) is 0 Å². The Hall–Kier alpha value is -3.06. The van der Waals surface area contributed by atoms with Crippen LogP contribution in [0.1, 0.15) is 18.4 Å². The van der Waals surface area contributed by atoms with E-state index in [9.17, 15) is 4.79 Å². The van der Waals surface area contributed by atoms with Crippen LogP contribution < -0.4 is 11.1 Å². The summed E-state index contributed by atoms with van der Waals surface area (Å²) in [5.74, 6) is 0.195. The fraction of sp³-hybridized carbons (Fsp3) is 0.263. The first-order valence-corrected chi connectivity index (χ1v) is 8.52. The molecule has 132 valence electrons. The van der Waals surface area contributed by atoms with Crippen LogP contribution in [0.2, 0.25) is 0 Å². The highest BCUT2D eigenvalue weighted by Crippen LogP contribution is 2.30. The maximum absolute atomic E-state index is 12.2. The predicted molar refractivity (Wildman–Crippen MR) is 99.5 cm³/mol. The molecule has 1 saturated heterocycles. The third-order valence-corrected chi connectivity index (χ3v) is 4.54. The number of benzene rings is 1. The molecule has 1 fully saturated rings. The maximum Gasteiger partial charge on any atom is 0.254 e. The molecule has 3 N–H and O–H groups in total. The van der Waals surface area contributed by atoms with Crippen LogP contribution in [0.3, 0.4) is 0 Å². The van der Waals surface area contributed by atoms with Gasteiger partial charge in [-0.1, -0.05) is 0 Å². The molecule has 2 aromatic heterocycles. The van der Waals surface area contributed by atoms with Gasteiger partial charge in [0, 0.05) is 30.0 Å². The zero-order valence-corrected chi connectivity index (χ0v) is 14.4. The number of amides is 1. The Bertz CT molecular complexity index is 983. The first kappa shape index (κ1) is 16.4. The van der Waals surface area contributed by atoms with Crippen LogP contribution in [0.25, 0.3) is 22.0 Å². The molecule has 0 spiro atoms. The lowest BCUT2D eigenvalue weighted by molar-refractivity contribution is -0.124. The Labute approximate surface area is 150 Å². The van der Waals surface area contributed by atoms with Gasteiger partial charge in [-0.15, -0.1) is 10.2 Å². The first-order chi connectivity index (χ1) is 12.6. The van der Waals surface area contributed by atoms with Crippen molar-refractivity contribution in [2.24, 2.45) is 0 Å². The zero-order valence-electron chi connectivity index (χ0n) is 14.4. The van der Waals surface area contributed by atoms with Gasteiger partial charge in [-0.2, -0.15) is 0 Å².